The summed E-state index contributed by atoms with van der Waals surface area (Å²) in [6.45, 7) is 5.65. The van der Waals surface area contributed by atoms with E-state index in [-0.39, 0.29) is 11.3 Å². The van der Waals surface area contributed by atoms with Crippen molar-refractivity contribution < 1.29 is 9.53 Å². The predicted octanol–water partition coefficient (Wildman–Crippen LogP) is 1.79. The molecule has 0 aliphatic carbocycles. The van der Waals surface area contributed by atoms with Crippen LogP contribution in [-0.2, 0) is 4.79 Å². The molecule has 1 aromatic rings. The summed E-state index contributed by atoms with van der Waals surface area (Å²) in [5.74, 6) is 0.257. The first kappa shape index (κ1) is 12.5. The highest BCUT2D eigenvalue weighted by Crippen LogP contribution is 2.08. The second-order valence-electron chi connectivity index (χ2n) is 3.72. The standard InChI is InChI=1S/C12H17NO3/c1-4-8-16-11-6-5-7-13(12(11)15)9(2)10(3)14/h5-7,9H,4,8H2,1-3H3. The lowest BCUT2D eigenvalue weighted by atomic mass is 10.2. The van der Waals surface area contributed by atoms with Gasteiger partial charge in [-0.15, -0.1) is 0 Å². The molecule has 88 valence electrons. The third-order valence-electron chi connectivity index (χ3n) is 2.41. The molecule has 0 spiro atoms. The molecule has 4 nitrogen and oxygen atoms in total. The van der Waals surface area contributed by atoms with Gasteiger partial charge in [0, 0.05) is 6.20 Å². The van der Waals surface area contributed by atoms with Crippen molar-refractivity contribution in [3.8, 4) is 5.75 Å². The van der Waals surface area contributed by atoms with Gasteiger partial charge in [-0.05, 0) is 32.4 Å². The van der Waals surface area contributed by atoms with Crippen LogP contribution >= 0.6 is 0 Å². The van der Waals surface area contributed by atoms with E-state index in [1.165, 1.54) is 11.5 Å². The van der Waals surface area contributed by atoms with Crippen LogP contribution in [-0.4, -0.2) is 17.0 Å². The van der Waals surface area contributed by atoms with Crippen LogP contribution < -0.4 is 10.3 Å². The van der Waals surface area contributed by atoms with Crippen molar-refractivity contribution in [2.45, 2.75) is 33.2 Å². The Bertz CT molecular complexity index is 423. The van der Waals surface area contributed by atoms with Gasteiger partial charge in [0.1, 0.15) is 0 Å². The quantitative estimate of drug-likeness (QED) is 0.764. The summed E-state index contributed by atoms with van der Waals surface area (Å²) in [7, 11) is 0. The van der Waals surface area contributed by atoms with Crippen LogP contribution in [0.5, 0.6) is 5.75 Å². The number of carbonyl (C=O) groups is 1. The molecular weight excluding hydrogens is 206 g/mol. The zero-order chi connectivity index (χ0) is 12.1. The summed E-state index contributed by atoms with van der Waals surface area (Å²) in [5.41, 5.74) is -0.251. The van der Waals surface area contributed by atoms with Crippen molar-refractivity contribution in [1.29, 1.82) is 0 Å². The van der Waals surface area contributed by atoms with Gasteiger partial charge < -0.3 is 9.30 Å². The first-order valence-electron chi connectivity index (χ1n) is 5.42. The maximum Gasteiger partial charge on any atom is 0.293 e. The van der Waals surface area contributed by atoms with Crippen molar-refractivity contribution in [2.24, 2.45) is 0 Å². The summed E-state index contributed by atoms with van der Waals surface area (Å²) < 4.78 is 6.71. The molecule has 0 aromatic carbocycles. The molecule has 0 aliphatic heterocycles. The van der Waals surface area contributed by atoms with Gasteiger partial charge in [-0.2, -0.15) is 0 Å². The molecule has 1 rings (SSSR count). The molecule has 1 aromatic heterocycles. The fraction of sp³-hybridized carbons (Fsp3) is 0.500. The zero-order valence-corrected chi connectivity index (χ0v) is 9.90. The molecule has 0 N–H and O–H groups in total. The number of hydrogen-bond donors (Lipinski definition) is 0. The molecular formula is C12H17NO3. The monoisotopic (exact) mass is 223 g/mol. The maximum absolute atomic E-state index is 11.9. The lowest BCUT2D eigenvalue weighted by molar-refractivity contribution is -0.119. The van der Waals surface area contributed by atoms with E-state index in [1.54, 1.807) is 25.3 Å². The number of ether oxygens (including phenoxy) is 1. The van der Waals surface area contributed by atoms with Crippen LogP contribution in [0.2, 0.25) is 0 Å². The average Bonchev–Trinajstić information content (AvgIpc) is 2.26. The minimum Gasteiger partial charge on any atom is -0.488 e. The number of aromatic nitrogens is 1. The molecule has 0 aliphatic rings. The van der Waals surface area contributed by atoms with E-state index in [4.69, 9.17) is 4.74 Å². The number of pyridine rings is 1. The number of rotatable bonds is 5. The van der Waals surface area contributed by atoms with Gasteiger partial charge in [0.2, 0.25) is 0 Å². The maximum atomic E-state index is 11.9. The highest BCUT2D eigenvalue weighted by Gasteiger charge is 2.13. The summed E-state index contributed by atoms with van der Waals surface area (Å²) >= 11 is 0. The van der Waals surface area contributed by atoms with Gasteiger partial charge in [0.25, 0.3) is 5.56 Å². The Morgan fingerprint density at radius 1 is 1.56 bits per heavy atom. The van der Waals surface area contributed by atoms with Crippen molar-refractivity contribution in [2.75, 3.05) is 6.61 Å². The van der Waals surface area contributed by atoms with E-state index in [9.17, 15) is 9.59 Å². The van der Waals surface area contributed by atoms with Crippen molar-refractivity contribution in [3.63, 3.8) is 0 Å². The third kappa shape index (κ3) is 2.72. The number of Topliss-reactive ketones (excluding diaryl/α,β-unsaturated/α-hetero) is 1. The van der Waals surface area contributed by atoms with Crippen molar-refractivity contribution in [3.05, 3.63) is 28.7 Å². The van der Waals surface area contributed by atoms with Crippen LogP contribution in [0.1, 0.15) is 33.2 Å². The second kappa shape index (κ2) is 5.49. The molecule has 1 heterocycles. The van der Waals surface area contributed by atoms with E-state index in [2.05, 4.69) is 0 Å². The Hall–Kier alpha value is -1.58. The van der Waals surface area contributed by atoms with Crippen LogP contribution in [0.4, 0.5) is 0 Å². The fourth-order valence-corrected chi connectivity index (χ4v) is 1.31. The van der Waals surface area contributed by atoms with Crippen molar-refractivity contribution >= 4 is 5.78 Å². The molecule has 0 bridgehead atoms. The van der Waals surface area contributed by atoms with E-state index < -0.39 is 6.04 Å². The Morgan fingerprint density at radius 2 is 2.25 bits per heavy atom. The largest absolute Gasteiger partial charge is 0.488 e. The topological polar surface area (TPSA) is 48.3 Å². The van der Waals surface area contributed by atoms with Crippen LogP contribution in [0.25, 0.3) is 0 Å². The van der Waals surface area contributed by atoms with E-state index in [0.29, 0.717) is 12.4 Å². The Kier molecular flexibility index (Phi) is 4.28. The minimum atomic E-state index is -0.447. The van der Waals surface area contributed by atoms with E-state index in [0.717, 1.165) is 6.42 Å². The lowest BCUT2D eigenvalue weighted by Crippen LogP contribution is -2.27. The molecule has 0 amide bonds. The van der Waals surface area contributed by atoms with Crippen LogP contribution in [0.3, 0.4) is 0 Å². The number of carbonyl (C=O) groups excluding carboxylic acids is 1. The molecule has 0 saturated carbocycles. The minimum absolute atomic E-state index is 0.0465. The van der Waals surface area contributed by atoms with Crippen LogP contribution in [0, 0.1) is 0 Å². The van der Waals surface area contributed by atoms with E-state index in [1.807, 2.05) is 6.92 Å². The molecule has 4 heteroatoms. The first-order chi connectivity index (χ1) is 7.57. The van der Waals surface area contributed by atoms with E-state index >= 15 is 0 Å². The average molecular weight is 223 g/mol. The van der Waals surface area contributed by atoms with Crippen molar-refractivity contribution in [1.82, 2.24) is 4.57 Å². The molecule has 0 fully saturated rings. The van der Waals surface area contributed by atoms with Crippen LogP contribution in [0.15, 0.2) is 23.1 Å². The van der Waals surface area contributed by atoms with Gasteiger partial charge in [0.15, 0.2) is 11.5 Å². The summed E-state index contributed by atoms with van der Waals surface area (Å²) in [6.07, 6.45) is 2.45. The van der Waals surface area contributed by atoms with Gasteiger partial charge >= 0.3 is 0 Å². The number of ketones is 1. The highest BCUT2D eigenvalue weighted by atomic mass is 16.5. The zero-order valence-electron chi connectivity index (χ0n) is 9.90. The number of nitrogens with zero attached hydrogens (tertiary/aromatic N) is 1. The SMILES string of the molecule is CCCOc1cccn(C(C)C(C)=O)c1=O. The van der Waals surface area contributed by atoms with Gasteiger partial charge in [-0.25, -0.2) is 0 Å². The molecule has 0 saturated heterocycles. The lowest BCUT2D eigenvalue weighted by Gasteiger charge is -2.13. The van der Waals surface area contributed by atoms with Gasteiger partial charge in [-0.1, -0.05) is 6.92 Å². The Balaban J connectivity index is 3.04. The Labute approximate surface area is 94.9 Å². The molecule has 16 heavy (non-hydrogen) atoms. The summed E-state index contributed by atoms with van der Waals surface area (Å²) in [5, 5.41) is 0. The third-order valence-corrected chi connectivity index (χ3v) is 2.41. The van der Waals surface area contributed by atoms with Gasteiger partial charge in [-0.3, -0.25) is 9.59 Å². The molecule has 1 atom stereocenters. The normalized spacial score (nSPS) is 12.2. The molecule has 1 unspecified atom stereocenters. The fourth-order valence-electron chi connectivity index (χ4n) is 1.31. The second-order valence-corrected chi connectivity index (χ2v) is 3.72. The Morgan fingerprint density at radius 3 is 2.81 bits per heavy atom. The summed E-state index contributed by atoms with van der Waals surface area (Å²) in [4.78, 5) is 23.1. The smallest absolute Gasteiger partial charge is 0.293 e. The molecule has 0 radical (unpaired) electrons. The highest BCUT2D eigenvalue weighted by molar-refractivity contribution is 5.79. The number of hydrogen-bond acceptors (Lipinski definition) is 3. The first-order valence-corrected chi connectivity index (χ1v) is 5.42. The van der Waals surface area contributed by atoms with Gasteiger partial charge in [0.05, 0.1) is 12.6 Å². The summed E-state index contributed by atoms with van der Waals surface area (Å²) in [6, 6.07) is 2.89. The predicted molar refractivity (Wildman–Crippen MR) is 61.9 cm³/mol.